The molecule has 0 aliphatic rings. The van der Waals surface area contributed by atoms with E-state index in [0.29, 0.717) is 6.54 Å². The Labute approximate surface area is 115 Å². The molecule has 2 rings (SSSR count). The molecular formula is C17H22N2. The third-order valence-corrected chi connectivity index (χ3v) is 3.56. The van der Waals surface area contributed by atoms with Crippen LogP contribution in [0, 0.1) is 13.8 Å². The summed E-state index contributed by atoms with van der Waals surface area (Å²) in [5.41, 5.74) is 11.1. The van der Waals surface area contributed by atoms with Crippen molar-refractivity contribution in [3.8, 4) is 0 Å². The number of hydrogen-bond acceptors (Lipinski definition) is 2. The first-order valence-electron chi connectivity index (χ1n) is 6.75. The molecule has 0 aliphatic carbocycles. The molecule has 2 nitrogen and oxygen atoms in total. The van der Waals surface area contributed by atoms with Crippen LogP contribution in [0.25, 0.3) is 0 Å². The Morgan fingerprint density at radius 3 is 2.37 bits per heavy atom. The quantitative estimate of drug-likeness (QED) is 0.860. The Morgan fingerprint density at radius 1 is 1.00 bits per heavy atom. The number of aryl methyl sites for hydroxylation is 2. The van der Waals surface area contributed by atoms with Gasteiger partial charge in [-0.2, -0.15) is 0 Å². The van der Waals surface area contributed by atoms with E-state index in [1.807, 2.05) is 6.07 Å². The van der Waals surface area contributed by atoms with Crippen molar-refractivity contribution in [3.63, 3.8) is 0 Å². The first-order valence-corrected chi connectivity index (χ1v) is 6.75. The summed E-state index contributed by atoms with van der Waals surface area (Å²) < 4.78 is 0. The molecule has 0 aromatic heterocycles. The molecule has 1 atom stereocenters. The number of nitrogens with two attached hydrogens (primary N) is 1. The summed E-state index contributed by atoms with van der Waals surface area (Å²) in [6.07, 6.45) is 0. The van der Waals surface area contributed by atoms with Gasteiger partial charge in [-0.1, -0.05) is 48.5 Å². The van der Waals surface area contributed by atoms with Gasteiger partial charge in [-0.15, -0.1) is 0 Å². The summed E-state index contributed by atoms with van der Waals surface area (Å²) in [6, 6.07) is 17.2. The lowest BCUT2D eigenvalue weighted by molar-refractivity contribution is 0.541. The van der Waals surface area contributed by atoms with Gasteiger partial charge in [0.1, 0.15) is 0 Å². The van der Waals surface area contributed by atoms with E-state index >= 15 is 0 Å². The number of benzene rings is 2. The van der Waals surface area contributed by atoms with E-state index in [9.17, 15) is 0 Å². The minimum Gasteiger partial charge on any atom is -0.329 e. The molecule has 0 radical (unpaired) electrons. The van der Waals surface area contributed by atoms with Crippen LogP contribution in [0.15, 0.2) is 48.5 Å². The third kappa shape index (κ3) is 3.66. The van der Waals surface area contributed by atoms with Crippen molar-refractivity contribution in [2.24, 2.45) is 5.73 Å². The van der Waals surface area contributed by atoms with Crippen LogP contribution in [0.1, 0.15) is 28.3 Å². The molecule has 0 fully saturated rings. The van der Waals surface area contributed by atoms with E-state index < -0.39 is 0 Å². The van der Waals surface area contributed by atoms with E-state index in [2.05, 4.69) is 61.6 Å². The third-order valence-electron chi connectivity index (χ3n) is 3.56. The Kier molecular flexibility index (Phi) is 4.72. The van der Waals surface area contributed by atoms with Gasteiger partial charge in [0, 0.05) is 19.1 Å². The molecule has 0 amide bonds. The van der Waals surface area contributed by atoms with E-state index in [0.717, 1.165) is 6.54 Å². The van der Waals surface area contributed by atoms with Gasteiger partial charge in [0.25, 0.3) is 0 Å². The normalized spacial score (nSPS) is 12.4. The van der Waals surface area contributed by atoms with Gasteiger partial charge in [0.05, 0.1) is 0 Å². The molecule has 1 unspecified atom stereocenters. The van der Waals surface area contributed by atoms with Crippen molar-refractivity contribution in [2.75, 3.05) is 6.54 Å². The molecule has 2 heteroatoms. The second kappa shape index (κ2) is 6.50. The minimum atomic E-state index is 0.208. The number of rotatable bonds is 5. The molecular weight excluding hydrogens is 232 g/mol. The molecule has 3 N–H and O–H groups in total. The summed E-state index contributed by atoms with van der Waals surface area (Å²) in [4.78, 5) is 0. The Balaban J connectivity index is 2.05. The molecule has 0 saturated heterocycles. The van der Waals surface area contributed by atoms with Crippen molar-refractivity contribution >= 4 is 0 Å². The van der Waals surface area contributed by atoms with Crippen LogP contribution < -0.4 is 11.1 Å². The van der Waals surface area contributed by atoms with Crippen LogP contribution in [0.4, 0.5) is 0 Å². The highest BCUT2D eigenvalue weighted by Crippen LogP contribution is 2.17. The Morgan fingerprint density at radius 2 is 1.74 bits per heavy atom. The van der Waals surface area contributed by atoms with Crippen molar-refractivity contribution in [1.29, 1.82) is 0 Å². The van der Waals surface area contributed by atoms with Crippen LogP contribution in [-0.2, 0) is 6.54 Å². The van der Waals surface area contributed by atoms with Gasteiger partial charge in [-0.05, 0) is 36.1 Å². The van der Waals surface area contributed by atoms with Crippen LogP contribution in [0.3, 0.4) is 0 Å². The maximum atomic E-state index is 5.89. The largest absolute Gasteiger partial charge is 0.329 e. The summed E-state index contributed by atoms with van der Waals surface area (Å²) >= 11 is 0. The molecule has 0 bridgehead atoms. The first-order chi connectivity index (χ1) is 9.20. The van der Waals surface area contributed by atoms with Crippen LogP contribution in [0.2, 0.25) is 0 Å². The molecule has 0 spiro atoms. The summed E-state index contributed by atoms with van der Waals surface area (Å²) in [5.74, 6) is 0. The highest BCUT2D eigenvalue weighted by molar-refractivity contribution is 5.32. The standard InChI is InChI=1S/C17H22N2/c1-13-8-9-16(10-14(13)2)17(11-18)19-12-15-6-4-3-5-7-15/h3-10,17,19H,11-12,18H2,1-2H3. The second-order valence-electron chi connectivity index (χ2n) is 5.00. The fraction of sp³-hybridized carbons (Fsp3) is 0.294. The van der Waals surface area contributed by atoms with Crippen molar-refractivity contribution < 1.29 is 0 Å². The van der Waals surface area contributed by atoms with Gasteiger partial charge in [0.15, 0.2) is 0 Å². The number of nitrogens with one attached hydrogen (secondary N) is 1. The first kappa shape index (κ1) is 13.8. The molecule has 2 aromatic carbocycles. The Bertz CT molecular complexity index is 520. The predicted molar refractivity (Wildman–Crippen MR) is 81.0 cm³/mol. The van der Waals surface area contributed by atoms with Crippen molar-refractivity contribution in [2.45, 2.75) is 26.4 Å². The van der Waals surface area contributed by atoms with Gasteiger partial charge < -0.3 is 11.1 Å². The molecule has 2 aromatic rings. The average Bonchev–Trinajstić information content (AvgIpc) is 2.44. The summed E-state index contributed by atoms with van der Waals surface area (Å²) in [5, 5.41) is 3.52. The second-order valence-corrected chi connectivity index (χ2v) is 5.00. The van der Waals surface area contributed by atoms with Gasteiger partial charge in [0.2, 0.25) is 0 Å². The minimum absolute atomic E-state index is 0.208. The zero-order valence-electron chi connectivity index (χ0n) is 11.7. The molecule has 0 saturated carbocycles. The fourth-order valence-electron chi connectivity index (χ4n) is 2.16. The van der Waals surface area contributed by atoms with E-state index in [1.54, 1.807) is 0 Å². The number of hydrogen-bond donors (Lipinski definition) is 2. The highest BCUT2D eigenvalue weighted by Gasteiger charge is 2.09. The van der Waals surface area contributed by atoms with E-state index in [4.69, 9.17) is 5.73 Å². The van der Waals surface area contributed by atoms with E-state index in [1.165, 1.54) is 22.3 Å². The topological polar surface area (TPSA) is 38.0 Å². The predicted octanol–water partition coefficient (Wildman–Crippen LogP) is 3.09. The average molecular weight is 254 g/mol. The highest BCUT2D eigenvalue weighted by atomic mass is 14.9. The molecule has 0 aliphatic heterocycles. The van der Waals surface area contributed by atoms with Gasteiger partial charge in [-0.25, -0.2) is 0 Å². The Hall–Kier alpha value is -1.64. The molecule has 100 valence electrons. The monoisotopic (exact) mass is 254 g/mol. The van der Waals surface area contributed by atoms with Crippen molar-refractivity contribution in [1.82, 2.24) is 5.32 Å². The van der Waals surface area contributed by atoms with E-state index in [-0.39, 0.29) is 6.04 Å². The SMILES string of the molecule is Cc1ccc(C(CN)NCc2ccccc2)cc1C. The lowest BCUT2D eigenvalue weighted by atomic mass is 10.0. The maximum absolute atomic E-state index is 5.89. The summed E-state index contributed by atoms with van der Waals surface area (Å²) in [6.45, 7) is 5.72. The lowest BCUT2D eigenvalue weighted by Gasteiger charge is -2.18. The van der Waals surface area contributed by atoms with Crippen molar-refractivity contribution in [3.05, 3.63) is 70.8 Å². The van der Waals surface area contributed by atoms with Gasteiger partial charge in [-0.3, -0.25) is 0 Å². The summed E-state index contributed by atoms with van der Waals surface area (Å²) in [7, 11) is 0. The van der Waals surface area contributed by atoms with Gasteiger partial charge >= 0.3 is 0 Å². The molecule has 19 heavy (non-hydrogen) atoms. The van der Waals surface area contributed by atoms with Crippen LogP contribution in [-0.4, -0.2) is 6.54 Å². The zero-order valence-corrected chi connectivity index (χ0v) is 11.7. The fourth-order valence-corrected chi connectivity index (χ4v) is 2.16. The molecule has 0 heterocycles. The maximum Gasteiger partial charge on any atom is 0.0447 e. The lowest BCUT2D eigenvalue weighted by Crippen LogP contribution is -2.27. The van der Waals surface area contributed by atoms with Crippen LogP contribution >= 0.6 is 0 Å². The van der Waals surface area contributed by atoms with Crippen LogP contribution in [0.5, 0.6) is 0 Å². The zero-order chi connectivity index (χ0) is 13.7. The smallest absolute Gasteiger partial charge is 0.0447 e.